The number of rotatable bonds is 13. The van der Waals surface area contributed by atoms with Gasteiger partial charge in [-0.2, -0.15) is 0 Å². The van der Waals surface area contributed by atoms with E-state index in [0.29, 0.717) is 30.8 Å². The summed E-state index contributed by atoms with van der Waals surface area (Å²) in [7, 11) is -2.20. The Morgan fingerprint density at radius 2 is 1.77 bits per heavy atom. The maximum atomic E-state index is 13.7. The lowest BCUT2D eigenvalue weighted by Gasteiger charge is -2.33. The van der Waals surface area contributed by atoms with Gasteiger partial charge in [-0.05, 0) is 48.6 Å². The van der Waals surface area contributed by atoms with E-state index < -0.39 is 28.5 Å². The Hall–Kier alpha value is -3.07. The fourth-order valence-electron chi connectivity index (χ4n) is 3.90. The maximum Gasteiger partial charge on any atom is 0.244 e. The van der Waals surface area contributed by atoms with E-state index in [2.05, 4.69) is 5.32 Å². The number of hydrogen-bond donors (Lipinski definition) is 1. The topological polar surface area (TPSA) is 96.0 Å². The van der Waals surface area contributed by atoms with Gasteiger partial charge in [0.05, 0.1) is 19.1 Å². The molecule has 0 aliphatic heterocycles. The summed E-state index contributed by atoms with van der Waals surface area (Å²) in [5, 5.41) is 2.87. The second kappa shape index (κ2) is 13.1. The van der Waals surface area contributed by atoms with Gasteiger partial charge in [-0.15, -0.1) is 0 Å². The lowest BCUT2D eigenvalue weighted by molar-refractivity contribution is -0.140. The summed E-state index contributed by atoms with van der Waals surface area (Å²) in [4.78, 5) is 28.2. The molecule has 0 saturated carbocycles. The third-order valence-corrected chi connectivity index (χ3v) is 6.87. The summed E-state index contributed by atoms with van der Waals surface area (Å²) in [5.74, 6) is -0.0823. The van der Waals surface area contributed by atoms with E-state index in [-0.39, 0.29) is 12.5 Å². The molecule has 9 heteroatoms. The second-order valence-corrected chi connectivity index (χ2v) is 10.2. The van der Waals surface area contributed by atoms with E-state index in [4.69, 9.17) is 4.74 Å². The predicted octanol–water partition coefficient (Wildman–Crippen LogP) is 3.36. The van der Waals surface area contributed by atoms with Crippen molar-refractivity contribution in [2.24, 2.45) is 0 Å². The molecule has 0 radical (unpaired) electrons. The van der Waals surface area contributed by atoms with Crippen LogP contribution in [0.5, 0.6) is 5.75 Å². The third-order valence-electron chi connectivity index (χ3n) is 5.74. The van der Waals surface area contributed by atoms with Crippen LogP contribution < -0.4 is 14.4 Å². The van der Waals surface area contributed by atoms with Crippen molar-refractivity contribution in [3.8, 4) is 5.75 Å². The van der Waals surface area contributed by atoms with Crippen LogP contribution >= 0.6 is 0 Å². The minimum atomic E-state index is -3.76. The number of nitrogens with zero attached hydrogens (tertiary/aromatic N) is 2. The smallest absolute Gasteiger partial charge is 0.244 e. The van der Waals surface area contributed by atoms with Gasteiger partial charge in [0.2, 0.25) is 21.8 Å². The highest BCUT2D eigenvalue weighted by Gasteiger charge is 2.32. The molecule has 8 nitrogen and oxygen atoms in total. The molecule has 1 atom stereocenters. The average Bonchev–Trinajstić information content (AvgIpc) is 2.85. The Morgan fingerprint density at radius 3 is 2.37 bits per heavy atom. The molecule has 0 unspecified atom stereocenters. The van der Waals surface area contributed by atoms with Crippen molar-refractivity contribution in [1.29, 1.82) is 0 Å². The van der Waals surface area contributed by atoms with Gasteiger partial charge in [0, 0.05) is 13.1 Å². The minimum absolute atomic E-state index is 0.140. The summed E-state index contributed by atoms with van der Waals surface area (Å²) in [6.45, 7) is 5.95. The first-order chi connectivity index (χ1) is 16.7. The largest absolute Gasteiger partial charge is 0.497 e. The zero-order valence-corrected chi connectivity index (χ0v) is 22.1. The highest BCUT2D eigenvalue weighted by atomic mass is 32.2. The van der Waals surface area contributed by atoms with Crippen LogP contribution in [0.3, 0.4) is 0 Å². The van der Waals surface area contributed by atoms with Gasteiger partial charge in [0.25, 0.3) is 0 Å². The zero-order chi connectivity index (χ0) is 26.0. The van der Waals surface area contributed by atoms with Crippen LogP contribution in [0.1, 0.15) is 44.7 Å². The number of ether oxygens (including phenoxy) is 1. The van der Waals surface area contributed by atoms with Gasteiger partial charge >= 0.3 is 0 Å². The Bertz CT molecular complexity index is 1100. The van der Waals surface area contributed by atoms with E-state index in [1.54, 1.807) is 31.4 Å². The third kappa shape index (κ3) is 7.71. The van der Waals surface area contributed by atoms with Gasteiger partial charge in [0.15, 0.2) is 0 Å². The van der Waals surface area contributed by atoms with E-state index in [0.717, 1.165) is 28.1 Å². The number of hydrogen-bond acceptors (Lipinski definition) is 5. The van der Waals surface area contributed by atoms with Crippen LogP contribution in [-0.2, 0) is 32.6 Å². The molecule has 2 rings (SSSR count). The monoisotopic (exact) mass is 503 g/mol. The highest BCUT2D eigenvalue weighted by Crippen LogP contribution is 2.24. The summed E-state index contributed by atoms with van der Waals surface area (Å²) in [6.07, 6.45) is 2.85. The van der Waals surface area contributed by atoms with Crippen molar-refractivity contribution >= 4 is 27.5 Å². The Balaban J connectivity index is 2.47. The number of aryl methyl sites for hydroxylation is 1. The SMILES string of the molecule is CCCNC(=O)[C@H](CC)N(Cc1cccc(OC)c1)C(=O)CN(c1ccccc1CC)S(C)(=O)=O. The molecule has 0 heterocycles. The molecule has 0 spiro atoms. The van der Waals surface area contributed by atoms with Gasteiger partial charge in [0.1, 0.15) is 18.3 Å². The van der Waals surface area contributed by atoms with Crippen LogP contribution in [0.2, 0.25) is 0 Å². The number of sulfonamides is 1. The second-order valence-electron chi connectivity index (χ2n) is 8.34. The minimum Gasteiger partial charge on any atom is -0.497 e. The molecule has 2 aromatic rings. The number of carbonyl (C=O) groups is 2. The maximum absolute atomic E-state index is 13.7. The molecule has 0 fully saturated rings. The van der Waals surface area contributed by atoms with Crippen molar-refractivity contribution in [3.05, 3.63) is 59.7 Å². The highest BCUT2D eigenvalue weighted by molar-refractivity contribution is 7.92. The van der Waals surface area contributed by atoms with Crippen molar-refractivity contribution in [2.45, 2.75) is 52.6 Å². The first kappa shape index (κ1) is 28.2. The molecule has 0 saturated heterocycles. The summed E-state index contributed by atoms with van der Waals surface area (Å²) in [6, 6.07) is 13.6. The zero-order valence-electron chi connectivity index (χ0n) is 21.3. The Morgan fingerprint density at radius 1 is 1.06 bits per heavy atom. The van der Waals surface area contributed by atoms with Gasteiger partial charge in [-0.25, -0.2) is 8.42 Å². The fourth-order valence-corrected chi connectivity index (χ4v) is 4.78. The van der Waals surface area contributed by atoms with Crippen LogP contribution in [0, 0.1) is 0 Å². The van der Waals surface area contributed by atoms with Crippen LogP contribution in [0.4, 0.5) is 5.69 Å². The van der Waals surface area contributed by atoms with Crippen LogP contribution in [-0.4, -0.2) is 57.6 Å². The Kier molecular flexibility index (Phi) is 10.6. The normalized spacial score (nSPS) is 12.0. The Labute approximate surface area is 209 Å². The molecule has 0 bridgehead atoms. The van der Waals surface area contributed by atoms with Crippen LogP contribution in [0.25, 0.3) is 0 Å². The van der Waals surface area contributed by atoms with Crippen molar-refractivity contribution in [2.75, 3.05) is 30.8 Å². The van der Waals surface area contributed by atoms with E-state index in [1.165, 1.54) is 4.90 Å². The predicted molar refractivity (Wildman–Crippen MR) is 139 cm³/mol. The number of carbonyl (C=O) groups excluding carboxylic acids is 2. The summed E-state index contributed by atoms with van der Waals surface area (Å²) in [5.41, 5.74) is 2.06. The summed E-state index contributed by atoms with van der Waals surface area (Å²) < 4.78 is 32.0. The molecule has 0 aliphatic carbocycles. The number of para-hydroxylation sites is 1. The molecule has 2 amide bonds. The fraction of sp³-hybridized carbons (Fsp3) is 0.462. The lowest BCUT2D eigenvalue weighted by Crippen LogP contribution is -2.52. The molecule has 0 aliphatic rings. The van der Waals surface area contributed by atoms with Gasteiger partial charge < -0.3 is 15.0 Å². The average molecular weight is 504 g/mol. The quantitative estimate of drug-likeness (QED) is 0.452. The number of methoxy groups -OCH3 is 1. The van der Waals surface area contributed by atoms with Gasteiger partial charge in [-0.1, -0.05) is 51.1 Å². The van der Waals surface area contributed by atoms with E-state index >= 15 is 0 Å². The summed E-state index contributed by atoms with van der Waals surface area (Å²) >= 11 is 0. The van der Waals surface area contributed by atoms with Crippen molar-refractivity contribution in [3.63, 3.8) is 0 Å². The van der Waals surface area contributed by atoms with E-state index in [9.17, 15) is 18.0 Å². The number of nitrogens with one attached hydrogen (secondary N) is 1. The molecule has 0 aromatic heterocycles. The van der Waals surface area contributed by atoms with Crippen LogP contribution in [0.15, 0.2) is 48.5 Å². The van der Waals surface area contributed by atoms with E-state index in [1.807, 2.05) is 45.0 Å². The number of benzene rings is 2. The standard InChI is InChI=1S/C26H37N3O5S/c1-6-16-27-26(31)23(8-3)28(18-20-12-11-14-22(17-20)34-4)25(30)19-29(35(5,32)33)24-15-10-9-13-21(24)7-2/h9-15,17,23H,6-8,16,18-19H2,1-5H3,(H,27,31)/t23-/m0/s1. The molecular weight excluding hydrogens is 466 g/mol. The molecule has 1 N–H and O–H groups in total. The van der Waals surface area contributed by atoms with Crippen molar-refractivity contribution in [1.82, 2.24) is 10.2 Å². The van der Waals surface area contributed by atoms with Crippen molar-refractivity contribution < 1.29 is 22.7 Å². The lowest BCUT2D eigenvalue weighted by atomic mass is 10.1. The first-order valence-corrected chi connectivity index (χ1v) is 13.8. The molecule has 35 heavy (non-hydrogen) atoms. The number of anilines is 1. The number of amides is 2. The molecule has 192 valence electrons. The molecular formula is C26H37N3O5S. The van der Waals surface area contributed by atoms with Gasteiger partial charge in [-0.3, -0.25) is 13.9 Å². The molecule has 2 aromatic carbocycles. The first-order valence-electron chi connectivity index (χ1n) is 11.9.